The molecule has 0 saturated carbocycles. The highest BCUT2D eigenvalue weighted by atomic mass is 16.4. The summed E-state index contributed by atoms with van der Waals surface area (Å²) < 4.78 is 5.48. The Morgan fingerprint density at radius 2 is 1.82 bits per heavy atom. The van der Waals surface area contributed by atoms with Crippen LogP contribution in [0.1, 0.15) is 22.8 Å². The molecule has 0 radical (unpaired) electrons. The van der Waals surface area contributed by atoms with Crippen LogP contribution in [-0.2, 0) is 4.79 Å². The van der Waals surface area contributed by atoms with E-state index in [1.807, 2.05) is 0 Å². The van der Waals surface area contributed by atoms with E-state index in [0.717, 1.165) is 5.01 Å². The summed E-state index contributed by atoms with van der Waals surface area (Å²) in [5.74, 6) is -1.73. The van der Waals surface area contributed by atoms with Gasteiger partial charge in [0.1, 0.15) is 11.8 Å². The molecule has 0 aliphatic carbocycles. The third-order valence-electron chi connectivity index (χ3n) is 4.42. The fourth-order valence-electron chi connectivity index (χ4n) is 2.95. The largest absolute Gasteiger partial charge is 0.545 e. The van der Waals surface area contributed by atoms with Crippen molar-refractivity contribution < 1.29 is 19.1 Å². The molecule has 0 saturated heterocycles. The molecular weight excluding hydrogens is 360 g/mol. The van der Waals surface area contributed by atoms with Gasteiger partial charge in [-0.2, -0.15) is 10.1 Å². The molecule has 138 valence electrons. The Labute approximate surface area is 158 Å². The highest BCUT2D eigenvalue weighted by Gasteiger charge is 2.29. The second-order valence-corrected chi connectivity index (χ2v) is 6.21. The highest BCUT2D eigenvalue weighted by Crippen LogP contribution is 2.25. The van der Waals surface area contributed by atoms with Gasteiger partial charge in [0.15, 0.2) is 5.43 Å². The van der Waals surface area contributed by atoms with Gasteiger partial charge in [-0.3, -0.25) is 9.59 Å². The third-order valence-corrected chi connectivity index (χ3v) is 4.42. The first-order valence-corrected chi connectivity index (χ1v) is 8.39. The second kappa shape index (κ2) is 6.62. The maximum absolute atomic E-state index is 12.8. The molecule has 1 aliphatic heterocycles. The van der Waals surface area contributed by atoms with Crippen LogP contribution in [0.4, 0.5) is 5.69 Å². The number of benzene rings is 2. The van der Waals surface area contributed by atoms with E-state index in [1.54, 1.807) is 31.2 Å². The van der Waals surface area contributed by atoms with Gasteiger partial charge in [-0.25, -0.2) is 0 Å². The number of hydrazone groups is 1. The van der Waals surface area contributed by atoms with Gasteiger partial charge >= 0.3 is 0 Å². The number of amides is 1. The monoisotopic (exact) mass is 373 g/mol. The fourth-order valence-corrected chi connectivity index (χ4v) is 2.95. The number of carboxylic acid groups (broad SMARTS) is 1. The number of rotatable bonds is 3. The third kappa shape index (κ3) is 2.88. The van der Waals surface area contributed by atoms with Crippen LogP contribution in [0.5, 0.6) is 0 Å². The summed E-state index contributed by atoms with van der Waals surface area (Å²) in [7, 11) is 0. The smallest absolute Gasteiger partial charge is 0.280 e. The quantitative estimate of drug-likeness (QED) is 0.653. The number of carboxylic acids is 1. The summed E-state index contributed by atoms with van der Waals surface area (Å²) in [6.07, 6.45) is 2.77. The zero-order valence-electron chi connectivity index (χ0n) is 14.7. The Balaban J connectivity index is 1.71. The van der Waals surface area contributed by atoms with Crippen LogP contribution in [0.2, 0.25) is 0 Å². The van der Waals surface area contributed by atoms with Crippen molar-refractivity contribution in [1.82, 2.24) is 0 Å². The minimum atomic E-state index is -1.30. The highest BCUT2D eigenvalue weighted by molar-refractivity contribution is 6.32. The zero-order valence-corrected chi connectivity index (χ0v) is 14.7. The van der Waals surface area contributed by atoms with Gasteiger partial charge < -0.3 is 14.3 Å². The first-order valence-electron chi connectivity index (χ1n) is 8.39. The van der Waals surface area contributed by atoms with E-state index >= 15 is 0 Å². The Hall–Kier alpha value is -4.00. The van der Waals surface area contributed by atoms with Gasteiger partial charge in [-0.05, 0) is 42.8 Å². The number of fused-ring (bicyclic) bond motifs is 1. The summed E-state index contributed by atoms with van der Waals surface area (Å²) >= 11 is 0. The average Bonchev–Trinajstić information content (AvgIpc) is 2.98. The van der Waals surface area contributed by atoms with Crippen LogP contribution in [0.3, 0.4) is 0 Å². The van der Waals surface area contributed by atoms with Crippen LogP contribution in [0.25, 0.3) is 17.0 Å². The molecule has 2 heterocycles. The Bertz CT molecular complexity index is 1240. The summed E-state index contributed by atoms with van der Waals surface area (Å²) in [4.78, 5) is 36.3. The van der Waals surface area contributed by atoms with Crippen molar-refractivity contribution in [3.63, 3.8) is 0 Å². The van der Waals surface area contributed by atoms with Crippen LogP contribution >= 0.6 is 0 Å². The maximum atomic E-state index is 12.8. The molecule has 2 aromatic carbocycles. The molecule has 28 heavy (non-hydrogen) atoms. The standard InChI is InChI=1S/C21H14N2O5/c1-12-17(10-14-11-28-18-5-3-2-4-16(18)19(14)24)20(25)23(22-12)15-8-6-13(7-9-15)21(26)27/h2-11H,1H3,(H,26,27)/p-1/b17-10-. The van der Waals surface area contributed by atoms with Gasteiger partial charge in [0.05, 0.1) is 33.9 Å². The van der Waals surface area contributed by atoms with Crippen molar-refractivity contribution in [3.8, 4) is 0 Å². The normalized spacial score (nSPS) is 15.3. The first kappa shape index (κ1) is 17.4. The van der Waals surface area contributed by atoms with Crippen molar-refractivity contribution in [2.24, 2.45) is 5.10 Å². The molecule has 0 spiro atoms. The lowest BCUT2D eigenvalue weighted by atomic mass is 10.1. The number of para-hydroxylation sites is 1. The van der Waals surface area contributed by atoms with Crippen molar-refractivity contribution >= 4 is 40.3 Å². The van der Waals surface area contributed by atoms with Crippen molar-refractivity contribution in [3.05, 3.63) is 81.7 Å². The SMILES string of the molecule is CC1=NN(c2ccc(C(=O)[O-])cc2)C(=O)/C1=C\c1coc2ccccc2c1=O. The maximum Gasteiger partial charge on any atom is 0.280 e. The number of nitrogens with zero attached hydrogens (tertiary/aromatic N) is 2. The lowest BCUT2D eigenvalue weighted by molar-refractivity contribution is -0.255. The molecular formula is C21H13N2O5-. The number of carbonyl (C=O) groups is 2. The van der Waals surface area contributed by atoms with Gasteiger partial charge in [0.2, 0.25) is 0 Å². The molecule has 0 atom stereocenters. The topological polar surface area (TPSA) is 103 Å². The predicted octanol–water partition coefficient (Wildman–Crippen LogP) is 1.96. The molecule has 1 amide bonds. The summed E-state index contributed by atoms with van der Waals surface area (Å²) in [5, 5.41) is 16.7. The Morgan fingerprint density at radius 3 is 2.54 bits per heavy atom. The van der Waals surface area contributed by atoms with Gasteiger partial charge in [-0.15, -0.1) is 0 Å². The minimum Gasteiger partial charge on any atom is -0.545 e. The minimum absolute atomic E-state index is 0.000588. The molecule has 4 rings (SSSR count). The van der Waals surface area contributed by atoms with E-state index in [4.69, 9.17) is 4.42 Å². The summed E-state index contributed by atoms with van der Waals surface area (Å²) in [6.45, 7) is 1.65. The Kier molecular flexibility index (Phi) is 4.12. The van der Waals surface area contributed by atoms with Crippen LogP contribution in [0, 0.1) is 0 Å². The molecule has 7 nitrogen and oxygen atoms in total. The number of aromatic carboxylic acids is 1. The van der Waals surface area contributed by atoms with Crippen LogP contribution in [0.15, 0.2) is 74.7 Å². The summed E-state index contributed by atoms with van der Waals surface area (Å²) in [5.41, 5.74) is 1.56. The predicted molar refractivity (Wildman–Crippen MR) is 102 cm³/mol. The second-order valence-electron chi connectivity index (χ2n) is 6.21. The number of hydrogen-bond donors (Lipinski definition) is 0. The van der Waals surface area contributed by atoms with E-state index < -0.39 is 11.9 Å². The summed E-state index contributed by atoms with van der Waals surface area (Å²) in [6, 6.07) is 12.5. The number of anilines is 1. The van der Waals surface area contributed by atoms with E-state index in [9.17, 15) is 19.5 Å². The molecule has 0 unspecified atom stereocenters. The van der Waals surface area contributed by atoms with Crippen LogP contribution in [-0.4, -0.2) is 17.6 Å². The molecule has 3 aromatic rings. The lowest BCUT2D eigenvalue weighted by Gasteiger charge is -2.12. The molecule has 1 aromatic heterocycles. The van der Waals surface area contributed by atoms with Crippen LogP contribution < -0.4 is 15.5 Å². The first-order chi connectivity index (χ1) is 13.5. The molecule has 0 N–H and O–H groups in total. The van der Waals surface area contributed by atoms with Crippen molar-refractivity contribution in [1.29, 1.82) is 0 Å². The van der Waals surface area contributed by atoms with Gasteiger partial charge in [-0.1, -0.05) is 24.3 Å². The average molecular weight is 373 g/mol. The number of carbonyl (C=O) groups excluding carboxylic acids is 2. The molecule has 0 fully saturated rings. The number of hydrogen-bond acceptors (Lipinski definition) is 6. The van der Waals surface area contributed by atoms with Crippen molar-refractivity contribution in [2.75, 3.05) is 5.01 Å². The molecule has 0 bridgehead atoms. The lowest BCUT2D eigenvalue weighted by Crippen LogP contribution is -2.23. The van der Waals surface area contributed by atoms with E-state index in [-0.39, 0.29) is 22.1 Å². The van der Waals surface area contributed by atoms with E-state index in [1.165, 1.54) is 36.6 Å². The van der Waals surface area contributed by atoms with Gasteiger partial charge in [0, 0.05) is 0 Å². The molecule has 1 aliphatic rings. The van der Waals surface area contributed by atoms with E-state index in [2.05, 4.69) is 5.10 Å². The van der Waals surface area contributed by atoms with E-state index in [0.29, 0.717) is 22.4 Å². The molecule has 7 heteroatoms. The van der Waals surface area contributed by atoms with Gasteiger partial charge in [0.25, 0.3) is 5.91 Å². The fraction of sp³-hybridized carbons (Fsp3) is 0.0476. The Morgan fingerprint density at radius 1 is 1.11 bits per heavy atom. The zero-order chi connectivity index (χ0) is 19.8. The van der Waals surface area contributed by atoms with Crippen molar-refractivity contribution in [2.45, 2.75) is 6.92 Å².